The largest absolute Gasteiger partial charge is 0.497 e. The molecule has 1 aliphatic carbocycles. The lowest BCUT2D eigenvalue weighted by atomic mass is 9.87. The van der Waals surface area contributed by atoms with E-state index >= 15 is 0 Å². The Labute approximate surface area is 184 Å². The van der Waals surface area contributed by atoms with Crippen LogP contribution in [0.25, 0.3) is 0 Å². The minimum Gasteiger partial charge on any atom is -0.497 e. The summed E-state index contributed by atoms with van der Waals surface area (Å²) in [6.45, 7) is 3.43. The van der Waals surface area contributed by atoms with Crippen LogP contribution in [0.15, 0.2) is 24.3 Å². The Morgan fingerprint density at radius 2 is 2.00 bits per heavy atom. The zero-order chi connectivity index (χ0) is 21.8. The van der Waals surface area contributed by atoms with Crippen molar-refractivity contribution in [3.63, 3.8) is 0 Å². The van der Waals surface area contributed by atoms with Crippen molar-refractivity contribution in [1.29, 1.82) is 0 Å². The van der Waals surface area contributed by atoms with Crippen LogP contribution < -0.4 is 15.4 Å². The van der Waals surface area contributed by atoms with Gasteiger partial charge >= 0.3 is 0 Å². The molecule has 3 aliphatic rings. The highest BCUT2D eigenvalue weighted by Gasteiger charge is 2.50. The average molecular weight is 433 g/mol. The van der Waals surface area contributed by atoms with Gasteiger partial charge in [-0.2, -0.15) is 0 Å². The van der Waals surface area contributed by atoms with Gasteiger partial charge in [-0.1, -0.05) is 31.9 Å². The molecule has 0 bridgehead atoms. The summed E-state index contributed by atoms with van der Waals surface area (Å²) in [6, 6.07) is 8.13. The zero-order valence-corrected chi connectivity index (χ0v) is 18.6. The maximum atomic E-state index is 12.3. The predicted octanol–water partition coefficient (Wildman–Crippen LogP) is 2.16. The maximum absolute atomic E-state index is 12.3. The van der Waals surface area contributed by atoms with Gasteiger partial charge in [0.2, 0.25) is 5.91 Å². The van der Waals surface area contributed by atoms with E-state index in [2.05, 4.69) is 17.6 Å². The third kappa shape index (κ3) is 5.77. The fraction of sp³-hybridized carbons (Fsp3) is 0.708. The van der Waals surface area contributed by atoms with E-state index in [9.17, 15) is 9.90 Å². The van der Waals surface area contributed by atoms with Gasteiger partial charge in [-0.05, 0) is 36.5 Å². The third-order valence-corrected chi connectivity index (χ3v) is 6.88. The molecule has 4 rings (SSSR count). The van der Waals surface area contributed by atoms with Crippen molar-refractivity contribution < 1.29 is 24.1 Å². The van der Waals surface area contributed by atoms with Crippen molar-refractivity contribution in [2.24, 2.45) is 5.92 Å². The van der Waals surface area contributed by atoms with Crippen molar-refractivity contribution in [2.75, 3.05) is 13.7 Å². The Morgan fingerprint density at radius 3 is 2.71 bits per heavy atom. The van der Waals surface area contributed by atoms with Crippen LogP contribution in [0, 0.1) is 5.92 Å². The number of fused-ring (bicyclic) bond motifs is 1. The molecule has 7 heteroatoms. The number of ether oxygens (including phenoxy) is 3. The number of aliphatic hydroxyl groups excluding tert-OH is 1. The van der Waals surface area contributed by atoms with Gasteiger partial charge in [0.05, 0.1) is 31.8 Å². The van der Waals surface area contributed by atoms with Gasteiger partial charge in [0.1, 0.15) is 18.0 Å². The Bertz CT molecular complexity index is 727. The van der Waals surface area contributed by atoms with Crippen LogP contribution in [0.1, 0.15) is 51.0 Å². The molecule has 2 saturated heterocycles. The van der Waals surface area contributed by atoms with Gasteiger partial charge in [-0.3, -0.25) is 4.79 Å². The van der Waals surface area contributed by atoms with E-state index in [1.807, 2.05) is 24.3 Å². The molecule has 172 valence electrons. The van der Waals surface area contributed by atoms with Crippen molar-refractivity contribution >= 4 is 5.91 Å². The monoisotopic (exact) mass is 432 g/mol. The molecule has 7 nitrogen and oxygen atoms in total. The number of carbonyl (C=O) groups is 1. The molecule has 1 amide bonds. The van der Waals surface area contributed by atoms with E-state index in [-0.39, 0.29) is 36.7 Å². The van der Waals surface area contributed by atoms with Gasteiger partial charge in [-0.25, -0.2) is 0 Å². The summed E-state index contributed by atoms with van der Waals surface area (Å²) in [5.74, 6) is 1.50. The van der Waals surface area contributed by atoms with Gasteiger partial charge < -0.3 is 30.0 Å². The number of hydrogen-bond acceptors (Lipinski definition) is 6. The highest BCUT2D eigenvalue weighted by Crippen LogP contribution is 2.35. The molecule has 2 heterocycles. The first-order valence-electron chi connectivity index (χ1n) is 11.6. The molecule has 3 N–H and O–H groups in total. The summed E-state index contributed by atoms with van der Waals surface area (Å²) in [7, 11) is 1.63. The number of amides is 1. The molecule has 1 aromatic rings. The SMILES string of the molecule is COc1ccc(CNC(=O)C[C@@H]2C[C@H]3O[C@H](CN[C@@H]4CCC[C@@H](C)C4)[C@@H](O)[C@H]3O2)cc1. The fourth-order valence-corrected chi connectivity index (χ4v) is 5.13. The molecule has 0 unspecified atom stereocenters. The summed E-state index contributed by atoms with van der Waals surface area (Å²) in [6.07, 6.45) is 4.33. The van der Waals surface area contributed by atoms with Crippen molar-refractivity contribution in [2.45, 2.75) is 88.6 Å². The van der Waals surface area contributed by atoms with Crippen LogP contribution in [0.4, 0.5) is 0 Å². The number of nitrogens with one attached hydrogen (secondary N) is 2. The van der Waals surface area contributed by atoms with E-state index < -0.39 is 6.10 Å². The van der Waals surface area contributed by atoms with Gasteiger partial charge in [0, 0.05) is 25.6 Å². The molecule has 7 atom stereocenters. The maximum Gasteiger partial charge on any atom is 0.222 e. The van der Waals surface area contributed by atoms with E-state index in [1.165, 1.54) is 25.7 Å². The third-order valence-electron chi connectivity index (χ3n) is 6.88. The highest BCUT2D eigenvalue weighted by atomic mass is 16.6. The minimum absolute atomic E-state index is 0.0556. The number of methoxy groups -OCH3 is 1. The van der Waals surface area contributed by atoms with Crippen molar-refractivity contribution in [3.05, 3.63) is 29.8 Å². The molecular formula is C24H36N2O5. The van der Waals surface area contributed by atoms with Crippen LogP contribution >= 0.6 is 0 Å². The molecular weight excluding hydrogens is 396 g/mol. The Balaban J connectivity index is 1.17. The fourth-order valence-electron chi connectivity index (χ4n) is 5.13. The molecule has 0 spiro atoms. The van der Waals surface area contributed by atoms with Crippen molar-refractivity contribution in [1.82, 2.24) is 10.6 Å². The van der Waals surface area contributed by atoms with Crippen molar-refractivity contribution in [3.8, 4) is 5.75 Å². The van der Waals surface area contributed by atoms with Crippen LogP contribution in [0.5, 0.6) is 5.75 Å². The second kappa shape index (κ2) is 10.3. The van der Waals surface area contributed by atoms with E-state index in [4.69, 9.17) is 14.2 Å². The first-order valence-corrected chi connectivity index (χ1v) is 11.6. The number of carbonyl (C=O) groups excluding carboxylic acids is 1. The Kier molecular flexibility index (Phi) is 7.48. The summed E-state index contributed by atoms with van der Waals surface area (Å²) >= 11 is 0. The van der Waals surface area contributed by atoms with E-state index in [0.29, 0.717) is 25.6 Å². The van der Waals surface area contributed by atoms with Gasteiger partial charge in [0.15, 0.2) is 0 Å². The second-order valence-corrected chi connectivity index (χ2v) is 9.37. The normalized spacial score (nSPS) is 35.0. The number of aliphatic hydroxyl groups is 1. The van der Waals surface area contributed by atoms with E-state index in [0.717, 1.165) is 17.2 Å². The molecule has 0 radical (unpaired) electrons. The summed E-state index contributed by atoms with van der Waals surface area (Å²) in [5.41, 5.74) is 1.01. The molecule has 31 heavy (non-hydrogen) atoms. The molecule has 1 aromatic carbocycles. The molecule has 3 fully saturated rings. The highest BCUT2D eigenvalue weighted by molar-refractivity contribution is 5.76. The number of benzene rings is 1. The van der Waals surface area contributed by atoms with Crippen LogP contribution in [-0.4, -0.2) is 61.2 Å². The molecule has 2 aliphatic heterocycles. The summed E-state index contributed by atoms with van der Waals surface area (Å²) in [4.78, 5) is 12.3. The first-order chi connectivity index (χ1) is 15.0. The summed E-state index contributed by atoms with van der Waals surface area (Å²) in [5, 5.41) is 17.2. The standard InChI is InChI=1S/C24H36N2O5/c1-15-4-3-5-17(10-15)25-14-21-23(28)24-20(31-21)11-19(30-24)12-22(27)26-13-16-6-8-18(29-2)9-7-16/h6-9,15,17,19-21,23-25,28H,3-5,10-14H2,1-2H3,(H,26,27)/t15-,17-,19+,20-,21-,23-,24+/m1/s1. The van der Waals surface area contributed by atoms with Crippen LogP contribution in [0.2, 0.25) is 0 Å². The average Bonchev–Trinajstić information content (AvgIpc) is 3.29. The lowest BCUT2D eigenvalue weighted by molar-refractivity contribution is -0.124. The van der Waals surface area contributed by atoms with E-state index in [1.54, 1.807) is 7.11 Å². The molecule has 0 aromatic heterocycles. The Hall–Kier alpha value is -1.67. The first kappa shape index (κ1) is 22.5. The lowest BCUT2D eigenvalue weighted by Gasteiger charge is -2.29. The topological polar surface area (TPSA) is 89.1 Å². The minimum atomic E-state index is -0.647. The van der Waals surface area contributed by atoms with Crippen LogP contribution in [0.3, 0.4) is 0 Å². The zero-order valence-electron chi connectivity index (χ0n) is 18.6. The lowest BCUT2D eigenvalue weighted by Crippen LogP contribution is -2.43. The van der Waals surface area contributed by atoms with Gasteiger partial charge in [0.25, 0.3) is 0 Å². The Morgan fingerprint density at radius 1 is 1.19 bits per heavy atom. The predicted molar refractivity (Wildman–Crippen MR) is 117 cm³/mol. The molecule has 1 saturated carbocycles. The number of hydrogen-bond donors (Lipinski definition) is 3. The van der Waals surface area contributed by atoms with Gasteiger partial charge in [-0.15, -0.1) is 0 Å². The van der Waals surface area contributed by atoms with Crippen LogP contribution in [-0.2, 0) is 20.8 Å². The second-order valence-electron chi connectivity index (χ2n) is 9.37. The smallest absolute Gasteiger partial charge is 0.222 e. The quantitative estimate of drug-likeness (QED) is 0.583. The number of rotatable bonds is 8. The summed E-state index contributed by atoms with van der Waals surface area (Å²) < 4.78 is 17.3.